The molecule has 0 saturated carbocycles. The molecule has 5 nitrogen and oxygen atoms in total. The number of carbonyl (C=O) groups is 2. The number of amides is 2. The number of hydrogen-bond acceptors (Lipinski definition) is 4. The van der Waals surface area contributed by atoms with Crippen molar-refractivity contribution < 1.29 is 9.59 Å². The lowest BCUT2D eigenvalue weighted by Gasteiger charge is -2.11. The topological polar surface area (TPSA) is 70.2 Å². The van der Waals surface area contributed by atoms with Crippen LogP contribution in [0.2, 0.25) is 10.0 Å². The van der Waals surface area contributed by atoms with Crippen LogP contribution in [0.1, 0.15) is 20.0 Å². The van der Waals surface area contributed by atoms with E-state index in [1.807, 2.05) is 24.3 Å². The molecule has 0 bridgehead atoms. The van der Waals surface area contributed by atoms with Gasteiger partial charge < -0.3 is 0 Å². The third kappa shape index (κ3) is 3.96. The number of hydrazine groups is 1. The summed E-state index contributed by atoms with van der Waals surface area (Å²) in [6.07, 6.45) is 0. The van der Waals surface area contributed by atoms with Crippen LogP contribution in [0.15, 0.2) is 48.5 Å². The van der Waals surface area contributed by atoms with Crippen LogP contribution in [0, 0.1) is 0 Å². The molecule has 26 heavy (non-hydrogen) atoms. The van der Waals surface area contributed by atoms with Gasteiger partial charge in [0, 0.05) is 10.1 Å². The summed E-state index contributed by atoms with van der Waals surface area (Å²) in [6.45, 7) is 0. The van der Waals surface area contributed by atoms with Crippen molar-refractivity contribution in [1.82, 2.24) is 16.2 Å². The first-order valence-electron chi connectivity index (χ1n) is 7.30. The molecule has 0 fully saturated rings. The Morgan fingerprint density at radius 2 is 1.62 bits per heavy atom. The normalized spacial score (nSPS) is 10.4. The minimum atomic E-state index is -0.480. The van der Waals surface area contributed by atoms with Gasteiger partial charge in [0.2, 0.25) is 0 Å². The third-order valence-electron chi connectivity index (χ3n) is 3.38. The first-order chi connectivity index (χ1) is 12.5. The second-order valence-corrected chi connectivity index (χ2v) is 7.33. The van der Waals surface area contributed by atoms with Crippen molar-refractivity contribution in [3.05, 3.63) is 69.0 Å². The molecule has 2 aromatic carbocycles. The standard InChI is InChI=1S/C17H11Cl2N3O2S2/c18-11-7-3-1-5-9(11)15(23)21-22-17(25)20-16(24)14-13(19)10-6-2-4-8-12(10)26-14/h1-8H,(H,21,23)(H2,20,22,24,25). The summed E-state index contributed by atoms with van der Waals surface area (Å²) < 4.78 is 0.897. The van der Waals surface area contributed by atoms with Crippen molar-refractivity contribution in [2.24, 2.45) is 0 Å². The van der Waals surface area contributed by atoms with E-state index < -0.39 is 11.8 Å². The number of hydrogen-bond donors (Lipinski definition) is 3. The molecular formula is C17H11Cl2N3O2S2. The molecule has 1 aromatic heterocycles. The number of carbonyl (C=O) groups excluding carboxylic acids is 2. The van der Waals surface area contributed by atoms with Crippen LogP contribution in [0.4, 0.5) is 0 Å². The first kappa shape index (κ1) is 18.6. The SMILES string of the molecule is O=C(NNC(=S)NC(=O)c1sc2ccccc2c1Cl)c1ccccc1Cl. The number of halogens is 2. The Morgan fingerprint density at radius 3 is 2.35 bits per heavy atom. The van der Waals surface area contributed by atoms with Crippen LogP contribution >= 0.6 is 46.8 Å². The highest BCUT2D eigenvalue weighted by Gasteiger charge is 2.18. The molecule has 3 N–H and O–H groups in total. The lowest BCUT2D eigenvalue weighted by atomic mass is 10.2. The molecule has 0 atom stereocenters. The number of benzene rings is 2. The number of thiocarbonyl (C=S) groups is 1. The van der Waals surface area contributed by atoms with Gasteiger partial charge in [-0.25, -0.2) is 0 Å². The summed E-state index contributed by atoms with van der Waals surface area (Å²) in [7, 11) is 0. The molecule has 0 unspecified atom stereocenters. The van der Waals surface area contributed by atoms with Crippen molar-refractivity contribution in [3.63, 3.8) is 0 Å². The molecule has 0 aliphatic rings. The van der Waals surface area contributed by atoms with E-state index in [-0.39, 0.29) is 10.7 Å². The van der Waals surface area contributed by atoms with Crippen molar-refractivity contribution >= 4 is 73.8 Å². The monoisotopic (exact) mass is 423 g/mol. The van der Waals surface area contributed by atoms with Gasteiger partial charge in [0.25, 0.3) is 11.8 Å². The van der Waals surface area contributed by atoms with E-state index >= 15 is 0 Å². The van der Waals surface area contributed by atoms with E-state index in [1.54, 1.807) is 24.3 Å². The first-order valence-corrected chi connectivity index (χ1v) is 9.28. The highest BCUT2D eigenvalue weighted by atomic mass is 35.5. The molecule has 0 aliphatic carbocycles. The number of fused-ring (bicyclic) bond motifs is 1. The number of thiophene rings is 1. The summed E-state index contributed by atoms with van der Waals surface area (Å²) in [5.41, 5.74) is 5.12. The van der Waals surface area contributed by atoms with E-state index in [0.717, 1.165) is 10.1 Å². The number of rotatable bonds is 2. The molecule has 2 amide bonds. The summed E-state index contributed by atoms with van der Waals surface area (Å²) >= 11 is 18.5. The quantitative estimate of drug-likeness (QED) is 0.427. The predicted octanol–water partition coefficient (Wildman–Crippen LogP) is 4.16. The molecule has 0 aliphatic heterocycles. The van der Waals surface area contributed by atoms with E-state index in [2.05, 4.69) is 16.2 Å². The average molecular weight is 424 g/mol. The molecular weight excluding hydrogens is 413 g/mol. The Morgan fingerprint density at radius 1 is 0.923 bits per heavy atom. The van der Waals surface area contributed by atoms with Gasteiger partial charge in [-0.3, -0.25) is 25.8 Å². The third-order valence-corrected chi connectivity index (χ3v) is 5.58. The van der Waals surface area contributed by atoms with Crippen LogP contribution in [-0.2, 0) is 0 Å². The number of nitrogens with one attached hydrogen (secondary N) is 3. The molecule has 3 aromatic rings. The van der Waals surface area contributed by atoms with Crippen LogP contribution in [0.3, 0.4) is 0 Å². The lowest BCUT2D eigenvalue weighted by Crippen LogP contribution is -2.48. The van der Waals surface area contributed by atoms with Crippen molar-refractivity contribution in [1.29, 1.82) is 0 Å². The van der Waals surface area contributed by atoms with Gasteiger partial charge in [-0.05, 0) is 30.4 Å². The molecule has 1 heterocycles. The van der Waals surface area contributed by atoms with E-state index in [4.69, 9.17) is 35.4 Å². The van der Waals surface area contributed by atoms with E-state index in [0.29, 0.717) is 14.9 Å². The summed E-state index contributed by atoms with van der Waals surface area (Å²) in [4.78, 5) is 24.8. The zero-order valence-electron chi connectivity index (χ0n) is 13.0. The molecule has 132 valence electrons. The largest absolute Gasteiger partial charge is 0.297 e. The maximum Gasteiger partial charge on any atom is 0.271 e. The van der Waals surface area contributed by atoms with Gasteiger partial charge in [0.05, 0.1) is 15.6 Å². The Kier molecular flexibility index (Phi) is 5.73. The lowest BCUT2D eigenvalue weighted by molar-refractivity contribution is 0.0935. The maximum atomic E-state index is 12.4. The van der Waals surface area contributed by atoms with Gasteiger partial charge in [-0.15, -0.1) is 11.3 Å². The fourth-order valence-corrected chi connectivity index (χ4v) is 3.95. The zero-order chi connectivity index (χ0) is 18.7. The Labute approximate surface area is 168 Å². The molecule has 3 rings (SSSR count). The van der Waals surface area contributed by atoms with E-state index in [9.17, 15) is 9.59 Å². The van der Waals surface area contributed by atoms with Gasteiger partial charge in [-0.1, -0.05) is 53.5 Å². The average Bonchev–Trinajstić information content (AvgIpc) is 2.97. The molecule has 0 saturated heterocycles. The van der Waals surface area contributed by atoms with Gasteiger partial charge >= 0.3 is 0 Å². The van der Waals surface area contributed by atoms with Crippen molar-refractivity contribution in [2.45, 2.75) is 0 Å². The van der Waals surface area contributed by atoms with Crippen LogP contribution in [-0.4, -0.2) is 16.9 Å². The fraction of sp³-hybridized carbons (Fsp3) is 0. The smallest absolute Gasteiger partial charge is 0.271 e. The van der Waals surface area contributed by atoms with E-state index in [1.165, 1.54) is 11.3 Å². The van der Waals surface area contributed by atoms with Crippen molar-refractivity contribution in [2.75, 3.05) is 0 Å². The van der Waals surface area contributed by atoms with Crippen molar-refractivity contribution in [3.8, 4) is 0 Å². The second kappa shape index (κ2) is 8.01. The Balaban J connectivity index is 1.62. The maximum absolute atomic E-state index is 12.4. The predicted molar refractivity (Wildman–Crippen MR) is 109 cm³/mol. The molecule has 9 heteroatoms. The van der Waals surface area contributed by atoms with Crippen LogP contribution < -0.4 is 16.2 Å². The highest BCUT2D eigenvalue weighted by molar-refractivity contribution is 7.80. The van der Waals surface area contributed by atoms with Gasteiger partial charge in [0.1, 0.15) is 4.88 Å². The fourth-order valence-electron chi connectivity index (χ4n) is 2.18. The van der Waals surface area contributed by atoms with Gasteiger partial charge in [-0.2, -0.15) is 0 Å². The van der Waals surface area contributed by atoms with Crippen LogP contribution in [0.25, 0.3) is 10.1 Å². The highest BCUT2D eigenvalue weighted by Crippen LogP contribution is 2.34. The minimum Gasteiger partial charge on any atom is -0.297 e. The summed E-state index contributed by atoms with van der Waals surface area (Å²) in [5, 5.41) is 3.89. The van der Waals surface area contributed by atoms with Crippen LogP contribution in [0.5, 0.6) is 0 Å². The molecule has 0 spiro atoms. The molecule has 0 radical (unpaired) electrons. The minimum absolute atomic E-state index is 0.0658. The Hall–Kier alpha value is -2.19. The second-order valence-electron chi connectivity index (χ2n) is 5.08. The Bertz CT molecular complexity index is 1020. The zero-order valence-corrected chi connectivity index (χ0v) is 16.2. The summed E-state index contributed by atoms with van der Waals surface area (Å²) in [5.74, 6) is -0.937. The summed E-state index contributed by atoms with van der Waals surface area (Å²) in [6, 6.07) is 14.0. The van der Waals surface area contributed by atoms with Gasteiger partial charge in [0.15, 0.2) is 5.11 Å².